The van der Waals surface area contributed by atoms with Crippen molar-refractivity contribution in [1.29, 1.82) is 0 Å². The summed E-state index contributed by atoms with van der Waals surface area (Å²) in [6.45, 7) is 2.68. The van der Waals surface area contributed by atoms with Gasteiger partial charge in [-0.2, -0.15) is 13.2 Å². The number of fused-ring (bicyclic) bond motifs is 1. The zero-order valence-electron chi connectivity index (χ0n) is 15.5. The third kappa shape index (κ3) is 3.94. The van der Waals surface area contributed by atoms with Crippen molar-refractivity contribution in [1.82, 2.24) is 15.3 Å². The van der Waals surface area contributed by atoms with E-state index in [1.165, 1.54) is 12.1 Å². The first-order chi connectivity index (χ1) is 13.8. The van der Waals surface area contributed by atoms with E-state index in [1.54, 1.807) is 17.2 Å². The number of hydrogen-bond donors (Lipinski definition) is 2. The molecule has 4 rings (SSSR count). The number of nitrogens with zero attached hydrogens (tertiary/aromatic N) is 3. The molecule has 1 fully saturated rings. The number of pyridine rings is 2. The number of benzene rings is 1. The lowest BCUT2D eigenvalue weighted by atomic mass is 10.1. The molecule has 0 saturated carbocycles. The second kappa shape index (κ2) is 7.23. The van der Waals surface area contributed by atoms with Crippen molar-refractivity contribution in [2.75, 3.05) is 23.3 Å². The van der Waals surface area contributed by atoms with E-state index in [0.717, 1.165) is 22.5 Å². The molecule has 0 atom stereocenters. The highest BCUT2D eigenvalue weighted by atomic mass is 19.4. The van der Waals surface area contributed by atoms with Gasteiger partial charge in [0.1, 0.15) is 11.5 Å². The van der Waals surface area contributed by atoms with E-state index in [0.29, 0.717) is 18.8 Å². The number of amides is 2. The molecule has 0 unspecified atom stereocenters. The highest BCUT2D eigenvalue weighted by molar-refractivity contribution is 6.02. The average molecular weight is 401 g/mol. The molecule has 9 heteroatoms. The number of alkyl halides is 3. The number of nitrogens with one attached hydrogen (secondary N) is 2. The lowest BCUT2D eigenvalue weighted by molar-refractivity contribution is -0.141. The van der Waals surface area contributed by atoms with Crippen molar-refractivity contribution in [2.45, 2.75) is 19.1 Å². The van der Waals surface area contributed by atoms with E-state index in [-0.39, 0.29) is 17.9 Å². The third-order valence-electron chi connectivity index (χ3n) is 4.82. The van der Waals surface area contributed by atoms with E-state index in [2.05, 4.69) is 20.6 Å². The Morgan fingerprint density at radius 3 is 2.62 bits per heavy atom. The molecule has 150 valence electrons. The minimum atomic E-state index is -4.48. The summed E-state index contributed by atoms with van der Waals surface area (Å²) < 4.78 is 38.4. The maximum absolute atomic E-state index is 12.8. The van der Waals surface area contributed by atoms with Crippen LogP contribution in [0, 0.1) is 6.92 Å². The van der Waals surface area contributed by atoms with Crippen molar-refractivity contribution >= 4 is 28.3 Å². The van der Waals surface area contributed by atoms with Crippen molar-refractivity contribution in [3.63, 3.8) is 0 Å². The molecule has 2 amide bonds. The predicted octanol–water partition coefficient (Wildman–Crippen LogP) is 3.97. The van der Waals surface area contributed by atoms with Gasteiger partial charge in [-0.15, -0.1) is 0 Å². The Hall–Kier alpha value is -3.36. The molecule has 1 aliphatic heterocycles. The number of carbonyl (C=O) groups is 1. The molecular formula is C20H18F3N5O. The molecule has 6 nitrogen and oxygen atoms in total. The number of halogens is 3. The smallest absolute Gasteiger partial charge is 0.352 e. The number of aromatic nitrogens is 2. The van der Waals surface area contributed by atoms with Crippen molar-refractivity contribution in [2.24, 2.45) is 0 Å². The summed E-state index contributed by atoms with van der Waals surface area (Å²) in [5, 5.41) is 7.51. The normalized spacial score (nSPS) is 14.6. The summed E-state index contributed by atoms with van der Waals surface area (Å²) in [4.78, 5) is 21.9. The van der Waals surface area contributed by atoms with Crippen LogP contribution in [-0.2, 0) is 6.18 Å². The molecular weight excluding hydrogens is 383 g/mol. The number of rotatable bonds is 3. The minimum absolute atomic E-state index is 0.176. The summed E-state index contributed by atoms with van der Waals surface area (Å²) in [7, 11) is 0. The van der Waals surface area contributed by atoms with Gasteiger partial charge in [0, 0.05) is 35.8 Å². The van der Waals surface area contributed by atoms with Gasteiger partial charge < -0.3 is 15.5 Å². The van der Waals surface area contributed by atoms with E-state index in [4.69, 9.17) is 0 Å². The number of hydrogen-bond acceptors (Lipinski definition) is 4. The van der Waals surface area contributed by atoms with Crippen molar-refractivity contribution in [3.05, 3.63) is 60.0 Å². The van der Waals surface area contributed by atoms with Crippen molar-refractivity contribution < 1.29 is 18.0 Å². The summed E-state index contributed by atoms with van der Waals surface area (Å²) in [5.41, 5.74) is 0.612. The highest BCUT2D eigenvalue weighted by Gasteiger charge is 2.34. The zero-order chi connectivity index (χ0) is 20.6. The molecule has 0 aliphatic carbocycles. The number of urea groups is 1. The fraction of sp³-hybridized carbons (Fsp3) is 0.250. The molecule has 1 saturated heterocycles. The fourth-order valence-electron chi connectivity index (χ4n) is 3.32. The van der Waals surface area contributed by atoms with E-state index >= 15 is 0 Å². The Kier molecular flexibility index (Phi) is 4.73. The Balaban J connectivity index is 1.37. The second-order valence-electron chi connectivity index (χ2n) is 6.88. The minimum Gasteiger partial charge on any atom is -0.352 e. The van der Waals surface area contributed by atoms with Gasteiger partial charge in [0.05, 0.1) is 11.7 Å². The second-order valence-corrected chi connectivity index (χ2v) is 6.88. The Morgan fingerprint density at radius 1 is 1.10 bits per heavy atom. The summed E-state index contributed by atoms with van der Waals surface area (Å²) in [6, 6.07) is 10.7. The monoisotopic (exact) mass is 401 g/mol. The molecule has 3 aromatic rings. The highest BCUT2D eigenvalue weighted by Crippen LogP contribution is 2.30. The molecule has 0 spiro atoms. The first kappa shape index (κ1) is 19.0. The van der Waals surface area contributed by atoms with Crippen LogP contribution in [-0.4, -0.2) is 35.1 Å². The van der Waals surface area contributed by atoms with E-state index in [1.807, 2.05) is 25.1 Å². The largest absolute Gasteiger partial charge is 0.433 e. The van der Waals surface area contributed by atoms with Crippen LogP contribution in [0.5, 0.6) is 0 Å². The molecule has 1 aromatic carbocycles. The van der Waals surface area contributed by atoms with Crippen LogP contribution in [0.15, 0.2) is 48.7 Å². The molecule has 3 heterocycles. The Labute approximate surface area is 164 Å². The zero-order valence-corrected chi connectivity index (χ0v) is 15.5. The van der Waals surface area contributed by atoms with Gasteiger partial charge in [-0.3, -0.25) is 4.98 Å². The van der Waals surface area contributed by atoms with E-state index in [9.17, 15) is 18.0 Å². The van der Waals surface area contributed by atoms with Gasteiger partial charge in [-0.25, -0.2) is 9.78 Å². The van der Waals surface area contributed by atoms with Gasteiger partial charge >= 0.3 is 12.2 Å². The molecule has 29 heavy (non-hydrogen) atoms. The summed E-state index contributed by atoms with van der Waals surface area (Å²) in [5.74, 6) is 0.246. The van der Waals surface area contributed by atoms with Crippen LogP contribution in [0.3, 0.4) is 0 Å². The quantitative estimate of drug-likeness (QED) is 0.697. The van der Waals surface area contributed by atoms with Crippen molar-refractivity contribution in [3.8, 4) is 0 Å². The fourth-order valence-corrected chi connectivity index (χ4v) is 3.32. The average Bonchev–Trinajstić information content (AvgIpc) is 2.65. The molecule has 0 radical (unpaired) electrons. The number of aryl methyl sites for hydroxylation is 1. The first-order valence-corrected chi connectivity index (χ1v) is 9.02. The van der Waals surface area contributed by atoms with Crippen LogP contribution in [0.25, 0.3) is 10.8 Å². The molecule has 1 aliphatic rings. The van der Waals surface area contributed by atoms with Gasteiger partial charge in [0.2, 0.25) is 0 Å². The van der Waals surface area contributed by atoms with E-state index < -0.39 is 11.9 Å². The van der Waals surface area contributed by atoms with Crippen LogP contribution in [0.4, 0.5) is 29.5 Å². The lowest BCUT2D eigenvalue weighted by Gasteiger charge is -2.40. The SMILES string of the molecule is Cc1nccc2c(NC(=O)NC3CN(c4cccc(C(F)(F)F)n4)C3)cccc12. The number of anilines is 2. The molecule has 2 aromatic heterocycles. The molecule has 2 N–H and O–H groups in total. The third-order valence-corrected chi connectivity index (χ3v) is 4.82. The van der Waals surface area contributed by atoms with Gasteiger partial charge in [0.25, 0.3) is 0 Å². The maximum Gasteiger partial charge on any atom is 0.433 e. The topological polar surface area (TPSA) is 70.2 Å². The van der Waals surface area contributed by atoms with Crippen LogP contribution in [0.1, 0.15) is 11.4 Å². The van der Waals surface area contributed by atoms with Gasteiger partial charge in [-0.1, -0.05) is 18.2 Å². The maximum atomic E-state index is 12.8. The predicted molar refractivity (Wildman–Crippen MR) is 104 cm³/mol. The van der Waals surface area contributed by atoms with Gasteiger partial charge in [-0.05, 0) is 31.2 Å². The lowest BCUT2D eigenvalue weighted by Crippen LogP contribution is -2.60. The van der Waals surface area contributed by atoms with Crippen LogP contribution >= 0.6 is 0 Å². The van der Waals surface area contributed by atoms with Crippen LogP contribution < -0.4 is 15.5 Å². The Bertz CT molecular complexity index is 1060. The first-order valence-electron chi connectivity index (χ1n) is 9.02. The van der Waals surface area contributed by atoms with Crippen LogP contribution in [0.2, 0.25) is 0 Å². The summed E-state index contributed by atoms with van der Waals surface area (Å²) in [6.07, 6.45) is -2.79. The Morgan fingerprint density at radius 2 is 1.86 bits per heavy atom. The number of carbonyl (C=O) groups excluding carboxylic acids is 1. The summed E-state index contributed by atoms with van der Waals surface area (Å²) >= 11 is 0. The molecule has 0 bridgehead atoms. The van der Waals surface area contributed by atoms with Gasteiger partial charge in [0.15, 0.2) is 0 Å². The standard InChI is InChI=1S/C20H18F3N5O/c1-12-14-4-2-5-16(15(14)8-9-24-12)26-19(29)25-13-10-28(11-13)18-7-3-6-17(27-18)20(21,22)23/h2-9,13H,10-11H2,1H3,(H2,25,26,29).